The minimum absolute atomic E-state index is 0.0312. The highest BCUT2D eigenvalue weighted by Gasteiger charge is 2.43. The molecule has 6 nitrogen and oxygen atoms in total. The van der Waals surface area contributed by atoms with Gasteiger partial charge in [0.05, 0.1) is 17.8 Å². The van der Waals surface area contributed by atoms with Gasteiger partial charge in [-0.25, -0.2) is 0 Å². The molecule has 3 aromatic carbocycles. The van der Waals surface area contributed by atoms with Crippen LogP contribution in [0.1, 0.15) is 50.2 Å². The number of hydrogen-bond donors (Lipinski definition) is 2. The van der Waals surface area contributed by atoms with Gasteiger partial charge in [0.15, 0.2) is 5.78 Å². The van der Waals surface area contributed by atoms with E-state index in [4.69, 9.17) is 16.3 Å². The van der Waals surface area contributed by atoms with Crippen molar-refractivity contribution in [3.63, 3.8) is 0 Å². The number of para-hydroxylation sites is 1. The summed E-state index contributed by atoms with van der Waals surface area (Å²) in [6, 6.07) is 22.6. The van der Waals surface area contributed by atoms with E-state index in [-0.39, 0.29) is 17.4 Å². The molecular weight excluding hydrogens is 522 g/mol. The molecule has 7 heteroatoms. The van der Waals surface area contributed by atoms with Gasteiger partial charge in [0.1, 0.15) is 17.3 Å². The lowest BCUT2D eigenvalue weighted by molar-refractivity contribution is -0.116. The molecular formula is C33H34ClN3O3. The lowest BCUT2D eigenvalue weighted by Crippen LogP contribution is -2.42. The number of Topliss-reactive ketones (excluding diaryl/α,β-unsaturated/α-hetero) is 1. The molecule has 0 bridgehead atoms. The normalized spacial score (nSPS) is 18.5. The Bertz CT molecular complexity index is 1490. The molecule has 40 heavy (non-hydrogen) atoms. The van der Waals surface area contributed by atoms with E-state index in [1.165, 1.54) is 0 Å². The maximum atomic E-state index is 13.7. The molecule has 0 radical (unpaired) electrons. The second kappa shape index (κ2) is 11.6. The number of nitrogens with one attached hydrogen (secondary N) is 1. The number of benzene rings is 3. The van der Waals surface area contributed by atoms with E-state index in [1.54, 1.807) is 42.3 Å². The van der Waals surface area contributed by atoms with Crippen molar-refractivity contribution in [2.24, 2.45) is 0 Å². The highest BCUT2D eigenvalue weighted by molar-refractivity contribution is 6.34. The van der Waals surface area contributed by atoms with Crippen molar-refractivity contribution < 1.29 is 14.6 Å². The van der Waals surface area contributed by atoms with Crippen molar-refractivity contribution in [1.29, 1.82) is 5.41 Å². The van der Waals surface area contributed by atoms with Gasteiger partial charge >= 0.3 is 0 Å². The standard InChI is InChI=1S/C33H34ClN3O3/c1-4-36(5-2)23-17-13-21(14-18-23)29-30-27(11-8-12-28(30)38)37(26-10-7-6-9-25(26)34)33(35)31(29)32(39)22-15-19-24(40-3)20-16-22/h6-7,9-10,13-20,29,35,39H,4-5,8,11-12H2,1-3H3/b32-31+,35-33?. The Labute approximate surface area is 240 Å². The molecule has 2 N–H and O–H groups in total. The van der Waals surface area contributed by atoms with Crippen molar-refractivity contribution in [3.8, 4) is 5.75 Å². The molecule has 1 unspecified atom stereocenters. The number of ketones is 1. The van der Waals surface area contributed by atoms with Crippen molar-refractivity contribution >= 4 is 40.4 Å². The zero-order valence-electron chi connectivity index (χ0n) is 23.1. The number of amidine groups is 1. The number of ether oxygens (including phenoxy) is 1. The third kappa shape index (κ3) is 4.88. The molecule has 0 spiro atoms. The molecule has 3 aromatic rings. The van der Waals surface area contributed by atoms with Crippen molar-refractivity contribution in [2.75, 3.05) is 30.0 Å². The van der Waals surface area contributed by atoms with Gasteiger partial charge in [0, 0.05) is 53.5 Å². The quantitative estimate of drug-likeness (QED) is 0.291. The van der Waals surface area contributed by atoms with Crippen LogP contribution in [0.5, 0.6) is 5.75 Å². The van der Waals surface area contributed by atoms with Crippen LogP contribution in [0.25, 0.3) is 5.76 Å². The second-order valence-electron chi connectivity index (χ2n) is 9.96. The molecule has 5 rings (SSSR count). The second-order valence-corrected chi connectivity index (χ2v) is 10.4. The third-order valence-electron chi connectivity index (χ3n) is 7.82. The van der Waals surface area contributed by atoms with Crippen molar-refractivity contribution in [2.45, 2.75) is 39.0 Å². The first-order valence-electron chi connectivity index (χ1n) is 13.7. The number of aliphatic hydroxyl groups is 1. The molecule has 0 saturated heterocycles. The maximum absolute atomic E-state index is 13.7. The SMILES string of the molecule is CCN(CC)c1ccc(C2C3=C(CCCC3=O)N(c3ccccc3Cl)C(=N)/C2=C(/O)c2ccc(OC)cc2)cc1. The number of anilines is 2. The summed E-state index contributed by atoms with van der Waals surface area (Å²) in [5.74, 6) is 0.152. The summed E-state index contributed by atoms with van der Waals surface area (Å²) in [5, 5.41) is 21.8. The lowest BCUT2D eigenvalue weighted by atomic mass is 9.73. The molecule has 0 saturated carbocycles. The van der Waals surface area contributed by atoms with Crippen LogP contribution in [0.4, 0.5) is 11.4 Å². The minimum Gasteiger partial charge on any atom is -0.507 e. The monoisotopic (exact) mass is 555 g/mol. The van der Waals surface area contributed by atoms with Crippen molar-refractivity contribution in [1.82, 2.24) is 0 Å². The number of nitrogens with zero attached hydrogens (tertiary/aromatic N) is 2. The fraction of sp³-hybridized carbons (Fsp3) is 0.273. The predicted octanol–water partition coefficient (Wildman–Crippen LogP) is 7.75. The highest BCUT2D eigenvalue weighted by atomic mass is 35.5. The number of hydrogen-bond acceptors (Lipinski definition) is 5. The van der Waals surface area contributed by atoms with E-state index < -0.39 is 5.92 Å². The van der Waals surface area contributed by atoms with E-state index in [2.05, 4.69) is 30.9 Å². The predicted molar refractivity (Wildman–Crippen MR) is 163 cm³/mol. The molecule has 0 fully saturated rings. The highest BCUT2D eigenvalue weighted by Crippen LogP contribution is 2.49. The van der Waals surface area contributed by atoms with Crippen LogP contribution in [-0.4, -0.2) is 36.9 Å². The Hall–Kier alpha value is -4.03. The largest absolute Gasteiger partial charge is 0.507 e. The first-order chi connectivity index (χ1) is 19.4. The van der Waals surface area contributed by atoms with Crippen LogP contribution in [-0.2, 0) is 4.79 Å². The Morgan fingerprint density at radius 1 is 1.02 bits per heavy atom. The summed E-state index contributed by atoms with van der Waals surface area (Å²) in [5.41, 5.74) is 4.87. The van der Waals surface area contributed by atoms with Crippen LogP contribution in [0.15, 0.2) is 89.6 Å². The first kappa shape index (κ1) is 27.5. The molecule has 1 aliphatic carbocycles. The van der Waals surface area contributed by atoms with Crippen LogP contribution < -0.4 is 14.5 Å². The Balaban J connectivity index is 1.77. The number of carbonyl (C=O) groups excluding carboxylic acids is 1. The molecule has 0 aromatic heterocycles. The average molecular weight is 556 g/mol. The van der Waals surface area contributed by atoms with Crippen LogP contribution in [0, 0.1) is 5.41 Å². The average Bonchev–Trinajstić information content (AvgIpc) is 2.98. The van der Waals surface area contributed by atoms with Gasteiger partial charge in [0.25, 0.3) is 0 Å². The number of allylic oxidation sites excluding steroid dienone is 2. The fourth-order valence-corrected chi connectivity index (χ4v) is 6.02. The van der Waals surface area contributed by atoms with E-state index in [0.717, 1.165) is 30.0 Å². The Kier molecular flexibility index (Phi) is 7.99. The van der Waals surface area contributed by atoms with Crippen LogP contribution in [0.2, 0.25) is 5.02 Å². The number of halogens is 1. The Morgan fingerprint density at radius 2 is 1.70 bits per heavy atom. The van der Waals surface area contributed by atoms with Gasteiger partial charge in [0.2, 0.25) is 0 Å². The van der Waals surface area contributed by atoms with Gasteiger partial charge < -0.3 is 14.7 Å². The fourth-order valence-electron chi connectivity index (χ4n) is 5.79. The van der Waals surface area contributed by atoms with E-state index in [1.807, 2.05) is 30.3 Å². The zero-order chi connectivity index (χ0) is 28.4. The molecule has 1 aliphatic heterocycles. The van der Waals surface area contributed by atoms with Crippen LogP contribution >= 0.6 is 11.6 Å². The van der Waals surface area contributed by atoms with Gasteiger partial charge in [-0.2, -0.15) is 0 Å². The maximum Gasteiger partial charge on any atom is 0.161 e. The molecule has 206 valence electrons. The molecule has 0 amide bonds. The topological polar surface area (TPSA) is 76.9 Å². The Morgan fingerprint density at radius 3 is 2.33 bits per heavy atom. The van der Waals surface area contributed by atoms with E-state index >= 15 is 0 Å². The number of aliphatic hydroxyl groups excluding tert-OH is 1. The minimum atomic E-state index is -0.595. The summed E-state index contributed by atoms with van der Waals surface area (Å²) < 4.78 is 5.31. The number of carbonyl (C=O) groups is 1. The first-order valence-corrected chi connectivity index (χ1v) is 14.1. The summed E-state index contributed by atoms with van der Waals surface area (Å²) in [6.45, 7) is 6.01. The smallest absolute Gasteiger partial charge is 0.161 e. The third-order valence-corrected chi connectivity index (χ3v) is 8.14. The lowest BCUT2D eigenvalue weighted by Gasteiger charge is -2.42. The van der Waals surface area contributed by atoms with Crippen molar-refractivity contribution in [3.05, 3.63) is 106 Å². The van der Waals surface area contributed by atoms with Gasteiger partial charge in [-0.05, 0) is 80.8 Å². The summed E-state index contributed by atoms with van der Waals surface area (Å²) in [7, 11) is 1.59. The van der Waals surface area contributed by atoms with E-state index in [9.17, 15) is 15.3 Å². The summed E-state index contributed by atoms with van der Waals surface area (Å²) in [4.78, 5) is 17.7. The van der Waals surface area contributed by atoms with Gasteiger partial charge in [-0.15, -0.1) is 0 Å². The zero-order valence-corrected chi connectivity index (χ0v) is 23.8. The van der Waals surface area contributed by atoms with Gasteiger partial charge in [-0.1, -0.05) is 35.9 Å². The number of methoxy groups -OCH3 is 1. The summed E-state index contributed by atoms with van der Waals surface area (Å²) >= 11 is 6.65. The van der Waals surface area contributed by atoms with E-state index in [0.29, 0.717) is 52.4 Å². The summed E-state index contributed by atoms with van der Waals surface area (Å²) in [6.07, 6.45) is 1.76. The van der Waals surface area contributed by atoms with Gasteiger partial charge in [-0.3, -0.25) is 15.1 Å². The molecule has 1 heterocycles. The molecule has 1 atom stereocenters. The molecule has 2 aliphatic rings. The number of rotatable bonds is 7. The van der Waals surface area contributed by atoms with Crippen LogP contribution in [0.3, 0.4) is 0 Å².